The van der Waals surface area contributed by atoms with Gasteiger partial charge in [-0.15, -0.1) is 0 Å². The lowest BCUT2D eigenvalue weighted by Crippen LogP contribution is -2.14. The van der Waals surface area contributed by atoms with Gasteiger partial charge in [0.05, 0.1) is 10.5 Å². The number of anilines is 2. The minimum atomic E-state index is -1.10. The highest BCUT2D eigenvalue weighted by Crippen LogP contribution is 2.16. The molecule has 0 spiro atoms. The second-order valence-corrected chi connectivity index (χ2v) is 4.96. The van der Waals surface area contributed by atoms with Crippen LogP contribution in [-0.4, -0.2) is 21.9 Å². The van der Waals surface area contributed by atoms with Gasteiger partial charge >= 0.3 is 5.97 Å². The Morgan fingerprint density at radius 3 is 2.42 bits per heavy atom. The number of carbonyl (C=O) groups is 2. The van der Waals surface area contributed by atoms with Crippen LogP contribution in [0, 0.1) is 21.4 Å². The van der Waals surface area contributed by atoms with E-state index in [4.69, 9.17) is 10.4 Å². The molecule has 0 heterocycles. The maximum absolute atomic E-state index is 12.1. The number of carboxylic acid groups (broad SMARTS) is 1. The number of aromatic carboxylic acids is 1. The van der Waals surface area contributed by atoms with E-state index in [0.717, 1.165) is 6.20 Å². The maximum atomic E-state index is 12.1. The fourth-order valence-corrected chi connectivity index (χ4v) is 1.91. The smallest absolute Gasteiger partial charge is 0.335 e. The molecule has 130 valence electrons. The van der Waals surface area contributed by atoms with Gasteiger partial charge in [-0.3, -0.25) is 14.9 Å². The standard InChI is InChI=1S/C17H12N4O5/c18-9-12(10-19-14-3-1-2-11(8-14)17(23)24)16(22)20-13-4-6-15(7-5-13)21(25)26/h1-8,10,19H,(H,20,22)(H,23,24)/b12-10-. The van der Waals surface area contributed by atoms with E-state index in [2.05, 4.69) is 10.6 Å². The molecule has 0 unspecified atom stereocenters. The molecule has 0 fully saturated rings. The van der Waals surface area contributed by atoms with E-state index in [9.17, 15) is 19.7 Å². The first-order valence-corrected chi connectivity index (χ1v) is 7.16. The molecule has 0 saturated carbocycles. The molecule has 0 aliphatic rings. The topological polar surface area (TPSA) is 145 Å². The zero-order valence-corrected chi connectivity index (χ0v) is 13.2. The van der Waals surface area contributed by atoms with E-state index >= 15 is 0 Å². The Morgan fingerprint density at radius 1 is 1.15 bits per heavy atom. The lowest BCUT2D eigenvalue weighted by atomic mass is 10.2. The van der Waals surface area contributed by atoms with Crippen molar-refractivity contribution in [2.45, 2.75) is 0 Å². The molecule has 2 aromatic rings. The number of non-ortho nitro benzene ring substituents is 1. The molecule has 3 N–H and O–H groups in total. The van der Waals surface area contributed by atoms with Crippen molar-refractivity contribution in [2.24, 2.45) is 0 Å². The first-order chi connectivity index (χ1) is 12.4. The van der Waals surface area contributed by atoms with Crippen LogP contribution in [-0.2, 0) is 4.79 Å². The SMILES string of the molecule is N#C/C(=C/Nc1cccc(C(=O)O)c1)C(=O)Nc1ccc([N+](=O)[O-])cc1. The highest BCUT2D eigenvalue weighted by Gasteiger charge is 2.11. The Hall–Kier alpha value is -4.19. The van der Waals surface area contributed by atoms with Crippen LogP contribution in [0.2, 0.25) is 0 Å². The second kappa shape index (κ2) is 8.07. The van der Waals surface area contributed by atoms with Crippen LogP contribution in [0.15, 0.2) is 60.3 Å². The first-order valence-electron chi connectivity index (χ1n) is 7.16. The summed E-state index contributed by atoms with van der Waals surface area (Å²) < 4.78 is 0. The summed E-state index contributed by atoms with van der Waals surface area (Å²) in [5.74, 6) is -1.82. The summed E-state index contributed by atoms with van der Waals surface area (Å²) in [5.41, 5.74) is 0.343. The van der Waals surface area contributed by atoms with Gasteiger partial charge in [0.1, 0.15) is 11.6 Å². The molecule has 0 aromatic heterocycles. The number of nitrogens with zero attached hydrogens (tertiary/aromatic N) is 2. The molecule has 0 aliphatic carbocycles. The van der Waals surface area contributed by atoms with Gasteiger partial charge in [-0.1, -0.05) is 6.07 Å². The predicted molar refractivity (Wildman–Crippen MR) is 92.4 cm³/mol. The molecule has 2 rings (SSSR count). The molecule has 26 heavy (non-hydrogen) atoms. The number of carbonyl (C=O) groups excluding carboxylic acids is 1. The number of hydrogen-bond donors (Lipinski definition) is 3. The number of amides is 1. The van der Waals surface area contributed by atoms with Gasteiger partial charge in [-0.2, -0.15) is 5.26 Å². The van der Waals surface area contributed by atoms with Gasteiger partial charge in [0.2, 0.25) is 0 Å². The predicted octanol–water partition coefficient (Wildman–Crippen LogP) is 2.75. The van der Waals surface area contributed by atoms with Crippen LogP contribution < -0.4 is 10.6 Å². The Kier molecular flexibility index (Phi) is 5.63. The average Bonchev–Trinajstić information content (AvgIpc) is 2.63. The van der Waals surface area contributed by atoms with E-state index in [-0.39, 0.29) is 22.5 Å². The van der Waals surface area contributed by atoms with Gasteiger partial charge in [-0.05, 0) is 30.3 Å². The molecule has 2 aromatic carbocycles. The van der Waals surface area contributed by atoms with Crippen molar-refractivity contribution in [3.63, 3.8) is 0 Å². The number of nitriles is 1. The third-order valence-electron chi connectivity index (χ3n) is 3.19. The summed E-state index contributed by atoms with van der Waals surface area (Å²) in [6, 6.07) is 12.7. The Morgan fingerprint density at radius 2 is 1.85 bits per heavy atom. The quantitative estimate of drug-likeness (QED) is 0.313. The lowest BCUT2D eigenvalue weighted by molar-refractivity contribution is -0.384. The van der Waals surface area contributed by atoms with Crippen LogP contribution in [0.5, 0.6) is 0 Å². The van der Waals surface area contributed by atoms with Crippen LogP contribution in [0.4, 0.5) is 17.1 Å². The van der Waals surface area contributed by atoms with E-state index in [1.807, 2.05) is 0 Å². The van der Waals surface area contributed by atoms with Gasteiger partial charge in [-0.25, -0.2) is 4.79 Å². The Balaban J connectivity index is 2.09. The van der Waals surface area contributed by atoms with Crippen LogP contribution >= 0.6 is 0 Å². The summed E-state index contributed by atoms with van der Waals surface area (Å²) in [7, 11) is 0. The first kappa shape index (κ1) is 18.2. The van der Waals surface area contributed by atoms with Crippen molar-refractivity contribution in [1.82, 2.24) is 0 Å². The van der Waals surface area contributed by atoms with Crippen LogP contribution in [0.25, 0.3) is 0 Å². The molecular weight excluding hydrogens is 340 g/mol. The van der Waals surface area contributed by atoms with E-state index in [1.54, 1.807) is 12.1 Å². The minimum absolute atomic E-state index is 0.0530. The fourth-order valence-electron chi connectivity index (χ4n) is 1.91. The number of carboxylic acids is 1. The van der Waals surface area contributed by atoms with Crippen molar-refractivity contribution in [1.29, 1.82) is 5.26 Å². The molecule has 1 amide bonds. The van der Waals surface area contributed by atoms with Gasteiger partial charge < -0.3 is 15.7 Å². The van der Waals surface area contributed by atoms with Gasteiger partial charge in [0.25, 0.3) is 11.6 Å². The van der Waals surface area contributed by atoms with Crippen molar-refractivity contribution in [3.05, 3.63) is 76.0 Å². The molecule has 9 nitrogen and oxygen atoms in total. The summed E-state index contributed by atoms with van der Waals surface area (Å²) in [6.07, 6.45) is 1.14. The van der Waals surface area contributed by atoms with Crippen molar-refractivity contribution in [3.8, 4) is 6.07 Å². The van der Waals surface area contributed by atoms with Crippen molar-refractivity contribution in [2.75, 3.05) is 10.6 Å². The Bertz CT molecular complexity index is 929. The summed E-state index contributed by atoms with van der Waals surface area (Å²) in [6.45, 7) is 0. The van der Waals surface area contributed by atoms with E-state index in [1.165, 1.54) is 42.5 Å². The third-order valence-corrected chi connectivity index (χ3v) is 3.19. The van der Waals surface area contributed by atoms with E-state index in [0.29, 0.717) is 5.69 Å². The molecule has 0 radical (unpaired) electrons. The molecule has 9 heteroatoms. The van der Waals surface area contributed by atoms with Crippen LogP contribution in [0.1, 0.15) is 10.4 Å². The number of nitro groups is 1. The largest absolute Gasteiger partial charge is 0.478 e. The molecule has 0 bridgehead atoms. The molecule has 0 atom stereocenters. The minimum Gasteiger partial charge on any atom is -0.478 e. The monoisotopic (exact) mass is 352 g/mol. The summed E-state index contributed by atoms with van der Waals surface area (Å²) in [4.78, 5) is 33.0. The zero-order chi connectivity index (χ0) is 19.1. The highest BCUT2D eigenvalue weighted by atomic mass is 16.6. The molecule has 0 aliphatic heterocycles. The molecular formula is C17H12N4O5. The number of nitro benzene ring substituents is 1. The third kappa shape index (κ3) is 4.65. The van der Waals surface area contributed by atoms with Gasteiger partial charge in [0.15, 0.2) is 0 Å². The van der Waals surface area contributed by atoms with Crippen molar-refractivity contribution >= 4 is 28.9 Å². The average molecular weight is 352 g/mol. The summed E-state index contributed by atoms with van der Waals surface area (Å²) in [5, 5.41) is 33.8. The fraction of sp³-hybridized carbons (Fsp3) is 0. The number of hydrogen-bond acceptors (Lipinski definition) is 6. The maximum Gasteiger partial charge on any atom is 0.335 e. The van der Waals surface area contributed by atoms with Gasteiger partial charge in [0, 0.05) is 29.7 Å². The molecule has 0 saturated heterocycles. The number of benzene rings is 2. The number of nitrogens with one attached hydrogen (secondary N) is 2. The lowest BCUT2D eigenvalue weighted by Gasteiger charge is -2.05. The van der Waals surface area contributed by atoms with E-state index < -0.39 is 16.8 Å². The Labute approximate surface area is 147 Å². The van der Waals surface area contributed by atoms with Crippen LogP contribution in [0.3, 0.4) is 0 Å². The summed E-state index contributed by atoms with van der Waals surface area (Å²) >= 11 is 0. The highest BCUT2D eigenvalue weighted by molar-refractivity contribution is 6.06. The number of rotatable bonds is 6. The zero-order valence-electron chi connectivity index (χ0n) is 13.2. The van der Waals surface area contributed by atoms with Crippen molar-refractivity contribution < 1.29 is 19.6 Å². The normalized spacial score (nSPS) is 10.5. The second-order valence-electron chi connectivity index (χ2n) is 4.96.